The molecule has 0 aliphatic heterocycles. The molecule has 0 atom stereocenters. The summed E-state index contributed by atoms with van der Waals surface area (Å²) >= 11 is 0. The normalized spacial score (nSPS) is 18.7. The Bertz CT molecular complexity index is 790. The van der Waals surface area contributed by atoms with Crippen LogP contribution >= 0.6 is 0 Å². The summed E-state index contributed by atoms with van der Waals surface area (Å²) in [5, 5.41) is 6.29. The molecule has 0 radical (unpaired) electrons. The highest BCUT2D eigenvalue weighted by Crippen LogP contribution is 2.25. The molecule has 2 aromatic rings. The van der Waals surface area contributed by atoms with Gasteiger partial charge in [0, 0.05) is 24.2 Å². The fraction of sp³-hybridized carbons (Fsp3) is 0.368. The molecule has 3 rings (SSSR count). The monoisotopic (exact) mass is 339 g/mol. The lowest BCUT2D eigenvalue weighted by molar-refractivity contribution is 0.335. The fourth-order valence-corrected chi connectivity index (χ4v) is 2.57. The molecule has 1 saturated carbocycles. The first-order valence-electron chi connectivity index (χ1n) is 8.54. The minimum absolute atomic E-state index is 0.283. The maximum Gasteiger partial charge on any atom is 0.229 e. The summed E-state index contributed by atoms with van der Waals surface area (Å²) in [4.78, 5) is 8.79. The third kappa shape index (κ3) is 4.68. The predicted molar refractivity (Wildman–Crippen MR) is 98.1 cm³/mol. The fourth-order valence-electron chi connectivity index (χ4n) is 2.57. The molecule has 0 spiro atoms. The Morgan fingerprint density at radius 2 is 2.20 bits per heavy atom. The largest absolute Gasteiger partial charge is 0.369 e. The van der Waals surface area contributed by atoms with Crippen LogP contribution in [0.1, 0.15) is 31.7 Å². The van der Waals surface area contributed by atoms with Gasteiger partial charge in [0.25, 0.3) is 0 Å². The van der Waals surface area contributed by atoms with Gasteiger partial charge in [-0.1, -0.05) is 24.8 Å². The summed E-state index contributed by atoms with van der Waals surface area (Å²) in [6.07, 6.45) is 4.56. The van der Waals surface area contributed by atoms with Gasteiger partial charge in [-0.3, -0.25) is 0 Å². The molecule has 1 aliphatic carbocycles. The van der Waals surface area contributed by atoms with Crippen LogP contribution in [0.25, 0.3) is 0 Å². The number of anilines is 3. The van der Waals surface area contributed by atoms with Crippen molar-refractivity contribution in [2.75, 3.05) is 17.2 Å². The van der Waals surface area contributed by atoms with Crippen molar-refractivity contribution in [1.82, 2.24) is 9.97 Å². The highest BCUT2D eigenvalue weighted by atomic mass is 19.1. The second kappa shape index (κ2) is 7.95. The maximum absolute atomic E-state index is 13.3. The lowest BCUT2D eigenvalue weighted by Gasteiger charge is -2.27. The standard InChI is InChI=1S/C19H22FN5/c1-2-8-22-18-14(7-6-13-9-16(21)10-13)12-23-19(25-18)24-17-5-3-4-15(20)11-17/h3-5,11-13,16H,2,8-10,21H2,1H3,(H2,22,23,24,25). The van der Waals surface area contributed by atoms with E-state index in [2.05, 4.69) is 39.4 Å². The Labute approximate surface area is 147 Å². The molecule has 0 saturated heterocycles. The molecule has 130 valence electrons. The number of hydrogen-bond donors (Lipinski definition) is 3. The minimum Gasteiger partial charge on any atom is -0.369 e. The van der Waals surface area contributed by atoms with Crippen molar-refractivity contribution in [1.29, 1.82) is 0 Å². The van der Waals surface area contributed by atoms with Gasteiger partial charge in [-0.05, 0) is 37.5 Å². The summed E-state index contributed by atoms with van der Waals surface area (Å²) < 4.78 is 13.3. The van der Waals surface area contributed by atoms with Gasteiger partial charge in [0.1, 0.15) is 11.6 Å². The second-order valence-corrected chi connectivity index (χ2v) is 6.22. The number of nitrogens with two attached hydrogens (primary N) is 1. The highest BCUT2D eigenvalue weighted by Gasteiger charge is 2.23. The van der Waals surface area contributed by atoms with Gasteiger partial charge in [-0.15, -0.1) is 0 Å². The average Bonchev–Trinajstić information content (AvgIpc) is 2.57. The molecule has 0 amide bonds. The zero-order valence-electron chi connectivity index (χ0n) is 14.2. The van der Waals surface area contributed by atoms with Crippen LogP contribution in [0, 0.1) is 23.6 Å². The molecule has 0 bridgehead atoms. The zero-order chi connectivity index (χ0) is 17.6. The van der Waals surface area contributed by atoms with E-state index < -0.39 is 0 Å². The number of benzene rings is 1. The van der Waals surface area contributed by atoms with E-state index >= 15 is 0 Å². The first-order valence-corrected chi connectivity index (χ1v) is 8.54. The quantitative estimate of drug-likeness (QED) is 0.729. The minimum atomic E-state index is -0.310. The van der Waals surface area contributed by atoms with E-state index in [9.17, 15) is 4.39 Å². The van der Waals surface area contributed by atoms with E-state index in [-0.39, 0.29) is 11.9 Å². The van der Waals surface area contributed by atoms with Crippen LogP contribution in [0.15, 0.2) is 30.5 Å². The smallest absolute Gasteiger partial charge is 0.229 e. The van der Waals surface area contributed by atoms with Crippen molar-refractivity contribution >= 4 is 17.5 Å². The molecular weight excluding hydrogens is 317 g/mol. The van der Waals surface area contributed by atoms with Gasteiger partial charge in [0.2, 0.25) is 5.95 Å². The number of nitrogens with one attached hydrogen (secondary N) is 2. The molecule has 1 aliphatic rings. The first kappa shape index (κ1) is 17.2. The molecule has 1 aromatic carbocycles. The number of hydrogen-bond acceptors (Lipinski definition) is 5. The van der Waals surface area contributed by atoms with Gasteiger partial charge < -0.3 is 16.4 Å². The zero-order valence-corrected chi connectivity index (χ0v) is 14.2. The highest BCUT2D eigenvalue weighted by molar-refractivity contribution is 5.59. The summed E-state index contributed by atoms with van der Waals surface area (Å²) in [7, 11) is 0. The predicted octanol–water partition coefficient (Wildman–Crippen LogP) is 3.27. The van der Waals surface area contributed by atoms with Crippen molar-refractivity contribution in [2.24, 2.45) is 11.7 Å². The van der Waals surface area contributed by atoms with Gasteiger partial charge in [-0.2, -0.15) is 4.98 Å². The molecule has 1 heterocycles. The van der Waals surface area contributed by atoms with Crippen LogP contribution in [0.5, 0.6) is 0 Å². The van der Waals surface area contributed by atoms with Crippen LogP contribution in [0.4, 0.5) is 21.8 Å². The first-order chi connectivity index (χ1) is 12.1. The maximum atomic E-state index is 13.3. The Hall–Kier alpha value is -2.65. The van der Waals surface area contributed by atoms with Crippen molar-refractivity contribution in [2.45, 2.75) is 32.2 Å². The van der Waals surface area contributed by atoms with Crippen LogP contribution < -0.4 is 16.4 Å². The summed E-state index contributed by atoms with van der Waals surface area (Å²) in [5.74, 6) is 7.54. The SMILES string of the molecule is CCCNc1nc(Nc2cccc(F)c2)ncc1C#CC1CC(N)C1. The summed E-state index contributed by atoms with van der Waals surface area (Å²) in [6.45, 7) is 2.88. The Kier molecular flexibility index (Phi) is 5.46. The lowest BCUT2D eigenvalue weighted by Crippen LogP contribution is -2.35. The van der Waals surface area contributed by atoms with E-state index in [0.717, 1.165) is 31.4 Å². The van der Waals surface area contributed by atoms with E-state index in [4.69, 9.17) is 5.73 Å². The molecular formula is C19H22FN5. The van der Waals surface area contributed by atoms with E-state index in [0.29, 0.717) is 23.4 Å². The average molecular weight is 339 g/mol. The van der Waals surface area contributed by atoms with Crippen LogP contribution in [0.2, 0.25) is 0 Å². The summed E-state index contributed by atoms with van der Waals surface area (Å²) in [6, 6.07) is 6.48. The Morgan fingerprint density at radius 1 is 1.36 bits per heavy atom. The van der Waals surface area contributed by atoms with E-state index in [1.165, 1.54) is 12.1 Å². The van der Waals surface area contributed by atoms with Gasteiger partial charge in [0.15, 0.2) is 0 Å². The van der Waals surface area contributed by atoms with Crippen molar-refractivity contribution in [3.63, 3.8) is 0 Å². The molecule has 25 heavy (non-hydrogen) atoms. The molecule has 1 fully saturated rings. The van der Waals surface area contributed by atoms with Gasteiger partial charge >= 0.3 is 0 Å². The number of rotatable bonds is 5. The lowest BCUT2D eigenvalue weighted by atomic mass is 9.81. The molecule has 4 N–H and O–H groups in total. The van der Waals surface area contributed by atoms with Crippen LogP contribution in [-0.2, 0) is 0 Å². The molecule has 5 nitrogen and oxygen atoms in total. The van der Waals surface area contributed by atoms with Crippen molar-refractivity contribution < 1.29 is 4.39 Å². The van der Waals surface area contributed by atoms with Crippen LogP contribution in [-0.4, -0.2) is 22.6 Å². The molecule has 1 aromatic heterocycles. The molecule has 6 heteroatoms. The van der Waals surface area contributed by atoms with E-state index in [1.54, 1.807) is 18.3 Å². The number of nitrogens with zero attached hydrogens (tertiary/aromatic N) is 2. The third-order valence-electron chi connectivity index (χ3n) is 4.00. The summed E-state index contributed by atoms with van der Waals surface area (Å²) in [5.41, 5.74) is 7.16. The second-order valence-electron chi connectivity index (χ2n) is 6.22. The van der Waals surface area contributed by atoms with Gasteiger partial charge in [0.05, 0.1) is 11.8 Å². The number of aromatic nitrogens is 2. The Balaban J connectivity index is 1.79. The third-order valence-corrected chi connectivity index (χ3v) is 4.00. The Morgan fingerprint density at radius 3 is 2.92 bits per heavy atom. The van der Waals surface area contributed by atoms with Crippen LogP contribution in [0.3, 0.4) is 0 Å². The topological polar surface area (TPSA) is 75.9 Å². The molecule has 0 unspecified atom stereocenters. The van der Waals surface area contributed by atoms with Gasteiger partial charge in [-0.25, -0.2) is 9.37 Å². The number of halogens is 1. The van der Waals surface area contributed by atoms with E-state index in [1.807, 2.05) is 0 Å². The van der Waals surface area contributed by atoms with Crippen molar-refractivity contribution in [3.05, 3.63) is 41.8 Å². The van der Waals surface area contributed by atoms with Crippen molar-refractivity contribution in [3.8, 4) is 11.8 Å².